The molecule has 0 saturated carbocycles. The predicted molar refractivity (Wildman–Crippen MR) is 24.4 cm³/mol. The average Bonchev–Trinajstić information content (AvgIpc) is 1.38. The molecule has 1 atom stereocenters. The summed E-state index contributed by atoms with van der Waals surface area (Å²) >= 11 is 2.94. The van der Waals surface area contributed by atoms with Crippen molar-refractivity contribution in [3.8, 4) is 0 Å². The van der Waals surface area contributed by atoms with E-state index < -0.39 is 6.17 Å². The maximum absolute atomic E-state index is 11.4. The van der Waals surface area contributed by atoms with E-state index in [0.29, 0.717) is 5.33 Å². The van der Waals surface area contributed by atoms with Crippen molar-refractivity contribution in [2.75, 3.05) is 5.33 Å². The minimum absolute atomic E-state index is 0.451. The molecule has 0 spiro atoms. The molecular formula is C3H6BrF. The van der Waals surface area contributed by atoms with Gasteiger partial charge in [0.2, 0.25) is 0 Å². The van der Waals surface area contributed by atoms with Crippen LogP contribution in [-0.4, -0.2) is 11.5 Å². The lowest BCUT2D eigenvalue weighted by Crippen LogP contribution is -1.89. The highest BCUT2D eigenvalue weighted by molar-refractivity contribution is 9.09. The van der Waals surface area contributed by atoms with Crippen LogP contribution in [0.25, 0.3) is 0 Å². The third-order valence-corrected chi connectivity index (χ3v) is 1.10. The fraction of sp³-hybridized carbons (Fsp3) is 1.00. The lowest BCUT2D eigenvalue weighted by molar-refractivity contribution is 0.400. The molecule has 0 aliphatic rings. The van der Waals surface area contributed by atoms with E-state index in [1.807, 2.05) is 0 Å². The number of halogens is 2. The topological polar surface area (TPSA) is 0 Å². The first-order valence-corrected chi connectivity index (χ1v) is 2.59. The van der Waals surface area contributed by atoms with Crippen LogP contribution >= 0.6 is 15.9 Å². The first kappa shape index (κ1) is 5.41. The Bertz CT molecular complexity index is 20.9. The van der Waals surface area contributed by atoms with Crippen LogP contribution in [0.3, 0.4) is 0 Å². The number of hydrogen-bond acceptors (Lipinski definition) is 0. The van der Waals surface area contributed by atoms with E-state index >= 15 is 0 Å². The van der Waals surface area contributed by atoms with Crippen molar-refractivity contribution in [3.05, 3.63) is 0 Å². The van der Waals surface area contributed by atoms with Crippen molar-refractivity contribution in [3.63, 3.8) is 0 Å². The highest BCUT2D eigenvalue weighted by atomic mass is 79.9. The zero-order valence-corrected chi connectivity index (χ0v) is 4.63. The molecule has 0 radical (unpaired) electrons. The van der Waals surface area contributed by atoms with Gasteiger partial charge < -0.3 is 0 Å². The molecule has 2 heteroatoms. The summed E-state index contributed by atoms with van der Waals surface area (Å²) in [5.74, 6) is 0. The Morgan fingerprint density at radius 1 is 2.00 bits per heavy atom. The van der Waals surface area contributed by atoms with Crippen LogP contribution in [0, 0.1) is 0 Å². The summed E-state index contributed by atoms with van der Waals surface area (Å²) in [6.07, 6.45) is -0.699. The van der Waals surface area contributed by atoms with Crippen molar-refractivity contribution in [2.24, 2.45) is 0 Å². The largest absolute Gasteiger partial charge is 0.247 e. The summed E-state index contributed by atoms with van der Waals surface area (Å²) in [6, 6.07) is 0. The molecule has 0 nitrogen and oxygen atoms in total. The average molecular weight is 140 g/mol. The Labute approximate surface area is 39.5 Å². The van der Waals surface area contributed by atoms with E-state index in [9.17, 15) is 4.39 Å². The first-order valence-electron chi connectivity index (χ1n) is 1.47. The van der Waals surface area contributed by atoms with Gasteiger partial charge in [-0.25, -0.2) is 4.39 Å². The normalized spacial score (nSPS) is 15.0. The monoisotopic (exact) mass is 139 g/mol. The van der Waals surface area contributed by atoms with Gasteiger partial charge in [-0.15, -0.1) is 0 Å². The van der Waals surface area contributed by atoms with Crippen molar-refractivity contribution >= 4 is 15.9 Å². The molecule has 0 aromatic rings. The van der Waals surface area contributed by atoms with Crippen LogP contribution in [0.15, 0.2) is 0 Å². The summed E-state index contributed by atoms with van der Waals surface area (Å²) in [6.45, 7) is 1.51. The molecule has 1 unspecified atom stereocenters. The lowest BCUT2D eigenvalue weighted by Gasteiger charge is -1.84. The zero-order chi connectivity index (χ0) is 4.28. The highest BCUT2D eigenvalue weighted by Crippen LogP contribution is 1.90. The summed E-state index contributed by atoms with van der Waals surface area (Å²) in [7, 11) is 0. The molecule has 0 bridgehead atoms. The Morgan fingerprint density at radius 3 is 2.20 bits per heavy atom. The van der Waals surface area contributed by atoms with Gasteiger partial charge in [-0.2, -0.15) is 0 Å². The van der Waals surface area contributed by atoms with Crippen LogP contribution in [-0.2, 0) is 0 Å². The Hall–Kier alpha value is 0.410. The van der Waals surface area contributed by atoms with Crippen LogP contribution in [0.5, 0.6) is 0 Å². The Balaban J connectivity index is 2.54. The van der Waals surface area contributed by atoms with E-state index in [1.54, 1.807) is 0 Å². The molecule has 0 amide bonds. The molecule has 32 valence electrons. The van der Waals surface area contributed by atoms with Gasteiger partial charge in [0, 0.05) is 5.33 Å². The molecule has 0 saturated heterocycles. The van der Waals surface area contributed by atoms with Crippen LogP contribution in [0.1, 0.15) is 6.92 Å². The molecule has 0 aromatic carbocycles. The fourth-order valence-corrected chi connectivity index (χ4v) is 0. The van der Waals surface area contributed by atoms with Gasteiger partial charge in [0.05, 0.1) is 0 Å². The maximum Gasteiger partial charge on any atom is 0.107 e. The van der Waals surface area contributed by atoms with E-state index in [4.69, 9.17) is 0 Å². The van der Waals surface area contributed by atoms with Gasteiger partial charge in [-0.1, -0.05) is 15.9 Å². The molecule has 0 rings (SSSR count). The van der Waals surface area contributed by atoms with E-state index in [2.05, 4.69) is 15.9 Å². The van der Waals surface area contributed by atoms with E-state index in [0.717, 1.165) is 0 Å². The summed E-state index contributed by atoms with van der Waals surface area (Å²) in [4.78, 5) is 0. The van der Waals surface area contributed by atoms with Gasteiger partial charge in [0.25, 0.3) is 0 Å². The van der Waals surface area contributed by atoms with Crippen molar-refractivity contribution in [2.45, 2.75) is 13.1 Å². The minimum atomic E-state index is -0.699. The van der Waals surface area contributed by atoms with Crippen LogP contribution < -0.4 is 0 Å². The van der Waals surface area contributed by atoms with Gasteiger partial charge in [0.15, 0.2) is 0 Å². The summed E-state index contributed by atoms with van der Waals surface area (Å²) in [5.41, 5.74) is 0. The third kappa shape index (κ3) is 4.41. The van der Waals surface area contributed by atoms with Gasteiger partial charge >= 0.3 is 0 Å². The standard InChI is InChI=1S/C3H6BrF/c1-3(5)2-4/h3H,2H2,1H3/i5-1. The quantitative estimate of drug-likeness (QED) is 0.486. The van der Waals surface area contributed by atoms with E-state index in [1.165, 1.54) is 6.92 Å². The molecule has 0 aliphatic carbocycles. The third-order valence-electron chi connectivity index (χ3n) is 0.213. The maximum atomic E-state index is 11.4. The molecule has 0 N–H and O–H groups in total. The van der Waals surface area contributed by atoms with Crippen molar-refractivity contribution in [1.82, 2.24) is 0 Å². The van der Waals surface area contributed by atoms with Crippen molar-refractivity contribution < 1.29 is 4.39 Å². The SMILES string of the molecule is CC([18F])CBr. The minimum Gasteiger partial charge on any atom is -0.247 e. The Morgan fingerprint density at radius 2 is 2.20 bits per heavy atom. The number of rotatable bonds is 1. The lowest BCUT2D eigenvalue weighted by atomic mass is 10.5. The molecule has 0 aromatic heterocycles. The molecule has 0 fully saturated rings. The summed E-state index contributed by atoms with van der Waals surface area (Å²) < 4.78 is 11.4. The number of alkyl halides is 2. The van der Waals surface area contributed by atoms with Crippen LogP contribution in [0.4, 0.5) is 4.39 Å². The smallest absolute Gasteiger partial charge is 0.107 e. The first-order chi connectivity index (χ1) is 2.27. The predicted octanol–water partition coefficient (Wildman–Crippen LogP) is 1.74. The molecule has 5 heavy (non-hydrogen) atoms. The molecule has 0 aliphatic heterocycles. The number of hydrogen-bond donors (Lipinski definition) is 0. The highest BCUT2D eigenvalue weighted by Gasteiger charge is 1.87. The van der Waals surface area contributed by atoms with E-state index in [-0.39, 0.29) is 0 Å². The second-order valence-electron chi connectivity index (χ2n) is 0.935. The second kappa shape index (κ2) is 2.64. The fourth-order valence-electron chi connectivity index (χ4n) is 0. The van der Waals surface area contributed by atoms with Gasteiger partial charge in [0.1, 0.15) is 6.17 Å². The molecular weight excluding hydrogens is 134 g/mol. The Kier molecular flexibility index (Phi) is 2.85. The molecule has 0 heterocycles. The zero-order valence-electron chi connectivity index (χ0n) is 3.04. The van der Waals surface area contributed by atoms with Crippen LogP contribution in [0.2, 0.25) is 0 Å². The van der Waals surface area contributed by atoms with Gasteiger partial charge in [-0.05, 0) is 6.92 Å². The summed E-state index contributed by atoms with van der Waals surface area (Å²) in [5, 5.41) is 0.451. The van der Waals surface area contributed by atoms with Gasteiger partial charge in [-0.3, -0.25) is 0 Å². The van der Waals surface area contributed by atoms with Crippen molar-refractivity contribution in [1.29, 1.82) is 0 Å². The second-order valence-corrected chi connectivity index (χ2v) is 1.58.